The Morgan fingerprint density at radius 3 is 1.67 bits per heavy atom. The summed E-state index contributed by atoms with van der Waals surface area (Å²) in [7, 11) is -8.41. The third-order valence-electron chi connectivity index (χ3n) is 1.61. The normalized spacial score (nSPS) is 17.6. The molecule has 126 valence electrons. The lowest BCUT2D eigenvalue weighted by atomic mass is 10.1. The molecule has 0 aromatic rings. The summed E-state index contributed by atoms with van der Waals surface area (Å²) in [4.78, 5) is 37.5. The fourth-order valence-corrected chi connectivity index (χ4v) is 1.39. The van der Waals surface area contributed by atoms with Crippen LogP contribution in [0, 0.1) is 5.92 Å². The zero-order chi connectivity index (χ0) is 17.4. The molecule has 0 aromatic carbocycles. The minimum atomic E-state index is -4.24. The first-order chi connectivity index (χ1) is 9.19. The van der Waals surface area contributed by atoms with Gasteiger partial charge in [-0.3, -0.25) is 4.79 Å². The minimum Gasteiger partial charge on any atom is -0.379 e. The molecule has 0 bridgehead atoms. The van der Waals surface area contributed by atoms with Crippen LogP contribution < -0.4 is 22.5 Å². The summed E-state index contributed by atoms with van der Waals surface area (Å²) in [6.07, 6.45) is 0. The van der Waals surface area contributed by atoms with Gasteiger partial charge in [-0.25, -0.2) is 24.9 Å². The molecule has 0 aromatic heterocycles. The van der Waals surface area contributed by atoms with Crippen LogP contribution in [0.3, 0.4) is 0 Å². The van der Waals surface area contributed by atoms with Crippen molar-refractivity contribution in [2.24, 2.45) is 28.4 Å². The van der Waals surface area contributed by atoms with Crippen molar-refractivity contribution in [3.63, 3.8) is 0 Å². The maximum atomic E-state index is 10.8. The van der Waals surface area contributed by atoms with Crippen LogP contribution in [-0.4, -0.2) is 34.3 Å². The Labute approximate surface area is 120 Å². The van der Waals surface area contributed by atoms with Gasteiger partial charge in [-0.2, -0.15) is 0 Å². The van der Waals surface area contributed by atoms with E-state index in [0.717, 1.165) is 0 Å². The minimum absolute atomic E-state index is 0.163. The largest absolute Gasteiger partial charge is 0.455 e. The van der Waals surface area contributed by atoms with Gasteiger partial charge >= 0.3 is 27.4 Å². The third-order valence-corrected chi connectivity index (χ3v) is 2.52. The zero-order valence-corrected chi connectivity index (χ0v) is 13.2. The summed E-state index contributed by atoms with van der Waals surface area (Å²) in [5.74, 6) is -2.12. The fraction of sp³-hybridized carbons (Fsp3) is 0.714. The van der Waals surface area contributed by atoms with Crippen molar-refractivity contribution < 1.29 is 37.6 Å². The number of carbonyl (C=O) groups is 2. The quantitative estimate of drug-likeness (QED) is 0.299. The van der Waals surface area contributed by atoms with Crippen LogP contribution in [0.1, 0.15) is 13.8 Å². The number of nitrogens with two attached hydrogens (primary N) is 4. The fourth-order valence-electron chi connectivity index (χ4n) is 0.645. The van der Waals surface area contributed by atoms with Crippen molar-refractivity contribution >= 4 is 27.4 Å². The molecule has 2 unspecified atom stereocenters. The highest BCUT2D eigenvalue weighted by atomic mass is 31.2. The number of rotatable bonds is 5. The molecule has 0 spiro atoms. The molecule has 12 nitrogen and oxygen atoms in total. The van der Waals surface area contributed by atoms with Crippen LogP contribution >= 0.6 is 15.5 Å². The highest BCUT2D eigenvalue weighted by Crippen LogP contribution is 2.32. The molecule has 0 rings (SSSR count). The third kappa shape index (κ3) is 15.4. The van der Waals surface area contributed by atoms with E-state index in [1.165, 1.54) is 0 Å². The van der Waals surface area contributed by atoms with Gasteiger partial charge in [0.25, 0.3) is 0 Å². The second-order valence-electron chi connectivity index (χ2n) is 3.98. The predicted molar refractivity (Wildman–Crippen MR) is 72.1 cm³/mol. The first kappa shape index (κ1) is 22.4. The van der Waals surface area contributed by atoms with Gasteiger partial charge in [0.2, 0.25) is 0 Å². The molecule has 0 saturated carbocycles. The van der Waals surface area contributed by atoms with Crippen molar-refractivity contribution in [3.8, 4) is 0 Å². The summed E-state index contributed by atoms with van der Waals surface area (Å²) in [6.45, 7) is 2.91. The average molecular weight is 350 g/mol. The first-order valence-electron chi connectivity index (χ1n) is 5.34. The highest BCUT2D eigenvalue weighted by molar-refractivity contribution is 7.50. The molecule has 0 heterocycles. The molecular formula is C7H20N4O8P2. The zero-order valence-electron chi connectivity index (χ0n) is 11.4. The topological polar surface area (TPSA) is 231 Å². The molecule has 21 heavy (non-hydrogen) atoms. The molecule has 0 fully saturated rings. The SMILES string of the molecule is CC(C)[C@H](N)C(=O)OP(N)(=O)O.NCC(=O)OP(N)(=O)O. The van der Waals surface area contributed by atoms with Gasteiger partial charge in [0.15, 0.2) is 0 Å². The number of hydrogen-bond acceptors (Lipinski definition) is 8. The average Bonchev–Trinajstić information content (AvgIpc) is 2.23. The molecule has 0 radical (unpaired) electrons. The Morgan fingerprint density at radius 2 is 1.48 bits per heavy atom. The van der Waals surface area contributed by atoms with E-state index in [1.807, 2.05) is 0 Å². The van der Waals surface area contributed by atoms with Crippen LogP contribution in [0.5, 0.6) is 0 Å². The monoisotopic (exact) mass is 350 g/mol. The molecular weight excluding hydrogens is 330 g/mol. The smallest absolute Gasteiger partial charge is 0.379 e. The van der Waals surface area contributed by atoms with E-state index in [2.05, 4.69) is 20.1 Å². The predicted octanol–water partition coefficient (Wildman–Crippen LogP) is -1.88. The molecule has 14 heteroatoms. The molecule has 0 saturated heterocycles. The maximum absolute atomic E-state index is 10.8. The van der Waals surface area contributed by atoms with E-state index in [-0.39, 0.29) is 5.92 Å². The Hall–Kier alpha value is -0.840. The van der Waals surface area contributed by atoms with E-state index in [4.69, 9.17) is 21.3 Å². The number of carbonyl (C=O) groups excluding carboxylic acids is 2. The molecule has 10 N–H and O–H groups in total. The second kappa shape index (κ2) is 9.23. The van der Waals surface area contributed by atoms with Crippen molar-refractivity contribution in [3.05, 3.63) is 0 Å². The van der Waals surface area contributed by atoms with Gasteiger partial charge in [-0.05, 0) is 5.92 Å². The van der Waals surface area contributed by atoms with Crippen molar-refractivity contribution in [1.29, 1.82) is 0 Å². The molecule has 0 amide bonds. The van der Waals surface area contributed by atoms with Crippen LogP contribution in [0.4, 0.5) is 0 Å². The van der Waals surface area contributed by atoms with Gasteiger partial charge in [0.05, 0.1) is 6.54 Å². The van der Waals surface area contributed by atoms with Gasteiger partial charge in [0, 0.05) is 0 Å². The lowest BCUT2D eigenvalue weighted by Gasteiger charge is -2.14. The second-order valence-corrected chi connectivity index (χ2v) is 6.60. The van der Waals surface area contributed by atoms with Crippen molar-refractivity contribution in [2.45, 2.75) is 19.9 Å². The summed E-state index contributed by atoms with van der Waals surface area (Å²) in [5.41, 5.74) is 19.0. The Bertz CT molecular complexity index is 444. The van der Waals surface area contributed by atoms with Gasteiger partial charge in [-0.15, -0.1) is 0 Å². The van der Waals surface area contributed by atoms with Crippen LogP contribution in [0.25, 0.3) is 0 Å². The van der Waals surface area contributed by atoms with Crippen molar-refractivity contribution in [2.75, 3.05) is 6.54 Å². The number of hydrogen-bond donors (Lipinski definition) is 6. The van der Waals surface area contributed by atoms with Gasteiger partial charge < -0.3 is 30.3 Å². The molecule has 0 aliphatic carbocycles. The molecule has 3 atom stereocenters. The summed E-state index contributed by atoms with van der Waals surface area (Å²) in [6, 6.07) is -0.922. The van der Waals surface area contributed by atoms with E-state index < -0.39 is 40.0 Å². The standard InChI is InChI=1S/C5H13N2O4P.C2H7N2O4P/c1-3(2)4(6)5(8)11-12(7,9)10;3-1-2(5)8-9(4,6)7/h3-4H,6H2,1-2H3,(H3,7,9,10);1,3H2,(H3,4,6,7)/t4-;/m0./s1. The Morgan fingerprint density at radius 1 is 1.10 bits per heavy atom. The summed E-state index contributed by atoms with van der Waals surface area (Å²) >= 11 is 0. The van der Waals surface area contributed by atoms with Gasteiger partial charge in [0.1, 0.15) is 6.04 Å². The summed E-state index contributed by atoms with van der Waals surface area (Å²) < 4.78 is 28.1. The molecule has 0 aliphatic rings. The lowest BCUT2D eigenvalue weighted by molar-refractivity contribution is -0.137. The first-order valence-corrected chi connectivity index (χ1v) is 8.63. The lowest BCUT2D eigenvalue weighted by Crippen LogP contribution is -2.36. The Balaban J connectivity index is 0. The van der Waals surface area contributed by atoms with Crippen LogP contribution in [-0.2, 0) is 27.8 Å². The molecule has 0 aliphatic heterocycles. The van der Waals surface area contributed by atoms with E-state index in [0.29, 0.717) is 0 Å². The van der Waals surface area contributed by atoms with E-state index in [9.17, 15) is 18.7 Å². The highest BCUT2D eigenvalue weighted by Gasteiger charge is 2.25. The maximum Gasteiger partial charge on any atom is 0.455 e. The summed E-state index contributed by atoms with van der Waals surface area (Å²) in [5, 5.41) is 0. The van der Waals surface area contributed by atoms with Gasteiger partial charge in [-0.1, -0.05) is 13.8 Å². The van der Waals surface area contributed by atoms with Crippen LogP contribution in [0.15, 0.2) is 0 Å². The Kier molecular flexibility index (Phi) is 9.87. The van der Waals surface area contributed by atoms with E-state index >= 15 is 0 Å². The van der Waals surface area contributed by atoms with Crippen LogP contribution in [0.2, 0.25) is 0 Å². The van der Waals surface area contributed by atoms with E-state index in [1.54, 1.807) is 13.8 Å². The van der Waals surface area contributed by atoms with Crippen molar-refractivity contribution in [1.82, 2.24) is 0 Å².